The van der Waals surface area contributed by atoms with Crippen molar-refractivity contribution in [3.8, 4) is 0 Å². The second-order valence-corrected chi connectivity index (χ2v) is 9.72. The van der Waals surface area contributed by atoms with Crippen LogP contribution in [0.5, 0.6) is 0 Å². The molecule has 1 saturated heterocycles. The fourth-order valence-corrected chi connectivity index (χ4v) is 6.32. The molecule has 0 unspecified atom stereocenters. The third-order valence-corrected chi connectivity index (χ3v) is 7.88. The Balaban J connectivity index is 0.00000225. The molecule has 1 aliphatic rings. The molecule has 3 aromatic rings. The lowest BCUT2D eigenvalue weighted by molar-refractivity contribution is 0.447. The van der Waals surface area contributed by atoms with Crippen LogP contribution in [-0.2, 0) is 10.0 Å². The number of fused-ring (bicyclic) bond motifs is 1. The smallest absolute Gasteiger partial charge is 0.270 e. The fraction of sp³-hybridized carbons (Fsp3) is 0.316. The van der Waals surface area contributed by atoms with Gasteiger partial charge in [-0.2, -0.15) is 0 Å². The minimum absolute atomic E-state index is 0. The SMILES string of the molecule is Cc1ccc(S(=O)(=O)n2c(I)cc3c(C4CCNCC4)c(F)cnc32)cc1.Cl. The highest BCUT2D eigenvalue weighted by molar-refractivity contribution is 14.1. The maximum atomic E-state index is 14.7. The van der Waals surface area contributed by atoms with Crippen LogP contribution < -0.4 is 5.32 Å². The summed E-state index contributed by atoms with van der Waals surface area (Å²) in [6.07, 6.45) is 2.79. The molecule has 150 valence electrons. The maximum absolute atomic E-state index is 14.7. The zero-order chi connectivity index (χ0) is 19.2. The summed E-state index contributed by atoms with van der Waals surface area (Å²) in [6, 6.07) is 8.43. The first-order valence-corrected chi connectivity index (χ1v) is 11.3. The second kappa shape index (κ2) is 8.25. The van der Waals surface area contributed by atoms with Crippen molar-refractivity contribution >= 4 is 56.1 Å². The van der Waals surface area contributed by atoms with Crippen LogP contribution >= 0.6 is 35.0 Å². The quantitative estimate of drug-likeness (QED) is 0.511. The number of hydrogen-bond donors (Lipinski definition) is 1. The first-order chi connectivity index (χ1) is 12.9. The zero-order valence-electron chi connectivity index (χ0n) is 15.2. The summed E-state index contributed by atoms with van der Waals surface area (Å²) in [7, 11) is -3.82. The van der Waals surface area contributed by atoms with Crippen molar-refractivity contribution in [2.45, 2.75) is 30.6 Å². The topological polar surface area (TPSA) is 64.0 Å². The molecule has 28 heavy (non-hydrogen) atoms. The van der Waals surface area contributed by atoms with Gasteiger partial charge in [0.2, 0.25) is 0 Å². The summed E-state index contributed by atoms with van der Waals surface area (Å²) in [5.74, 6) is -0.304. The van der Waals surface area contributed by atoms with Gasteiger partial charge in [-0.05, 0) is 79.6 Å². The molecule has 1 N–H and O–H groups in total. The van der Waals surface area contributed by atoms with Crippen LogP contribution in [0.25, 0.3) is 11.0 Å². The molecule has 0 aliphatic carbocycles. The molecule has 2 aromatic heterocycles. The zero-order valence-corrected chi connectivity index (χ0v) is 18.9. The van der Waals surface area contributed by atoms with Crippen LogP contribution in [0, 0.1) is 16.4 Å². The highest BCUT2D eigenvalue weighted by Gasteiger charge is 2.28. The molecule has 1 aromatic carbocycles. The number of benzene rings is 1. The first-order valence-electron chi connectivity index (χ1n) is 8.78. The Bertz CT molecular complexity index is 1110. The molecule has 0 atom stereocenters. The summed E-state index contributed by atoms with van der Waals surface area (Å²) < 4.78 is 42.8. The summed E-state index contributed by atoms with van der Waals surface area (Å²) in [5, 5.41) is 3.86. The average molecular weight is 536 g/mol. The lowest BCUT2D eigenvalue weighted by Crippen LogP contribution is -2.27. The molecule has 0 amide bonds. The van der Waals surface area contributed by atoms with Gasteiger partial charge in [0.1, 0.15) is 5.82 Å². The van der Waals surface area contributed by atoms with E-state index in [1.54, 1.807) is 30.3 Å². The van der Waals surface area contributed by atoms with Crippen molar-refractivity contribution in [2.75, 3.05) is 13.1 Å². The number of pyridine rings is 1. The summed E-state index contributed by atoms with van der Waals surface area (Å²) in [6.45, 7) is 3.56. The van der Waals surface area contributed by atoms with Crippen LogP contribution in [0.3, 0.4) is 0 Å². The van der Waals surface area contributed by atoms with Gasteiger partial charge in [-0.15, -0.1) is 12.4 Å². The molecule has 0 spiro atoms. The molecular weight excluding hydrogens is 516 g/mol. The third-order valence-electron chi connectivity index (χ3n) is 5.04. The van der Waals surface area contributed by atoms with Crippen LogP contribution in [0.4, 0.5) is 4.39 Å². The van der Waals surface area contributed by atoms with E-state index in [4.69, 9.17) is 0 Å². The lowest BCUT2D eigenvalue weighted by Gasteiger charge is -2.23. The molecule has 4 rings (SSSR count). The summed E-state index contributed by atoms with van der Waals surface area (Å²) in [5.41, 5.74) is 1.85. The van der Waals surface area contributed by atoms with E-state index in [0.717, 1.165) is 37.7 Å². The Morgan fingerprint density at radius 2 is 1.86 bits per heavy atom. The summed E-state index contributed by atoms with van der Waals surface area (Å²) in [4.78, 5) is 4.35. The average Bonchev–Trinajstić information content (AvgIpc) is 2.99. The van der Waals surface area contributed by atoms with Gasteiger partial charge >= 0.3 is 0 Å². The normalized spacial score (nSPS) is 15.5. The predicted octanol–water partition coefficient (Wildman–Crippen LogP) is 4.21. The number of aryl methyl sites for hydroxylation is 1. The van der Waals surface area contributed by atoms with Gasteiger partial charge in [-0.1, -0.05) is 17.7 Å². The molecule has 9 heteroatoms. The standard InChI is InChI=1S/C19H19FIN3O2S.ClH/c1-12-2-4-14(5-3-12)27(25,26)24-17(21)10-15-18(13-6-8-22-9-7-13)16(20)11-23-19(15)24;/h2-5,10-11,13,22H,6-9H2,1H3;1H. The van der Waals surface area contributed by atoms with Crippen molar-refractivity contribution in [2.24, 2.45) is 0 Å². The first kappa shape index (κ1) is 21.5. The van der Waals surface area contributed by atoms with E-state index in [9.17, 15) is 12.8 Å². The monoisotopic (exact) mass is 535 g/mol. The van der Waals surface area contributed by atoms with E-state index in [0.29, 0.717) is 14.7 Å². The molecule has 0 saturated carbocycles. The number of piperidine rings is 1. The second-order valence-electron chi connectivity index (χ2n) is 6.83. The Labute approximate surface area is 183 Å². The number of halogens is 3. The highest BCUT2D eigenvalue weighted by atomic mass is 127. The fourth-order valence-electron chi connectivity index (χ4n) is 3.66. The van der Waals surface area contributed by atoms with Gasteiger partial charge in [0, 0.05) is 10.9 Å². The van der Waals surface area contributed by atoms with E-state index in [1.807, 2.05) is 29.5 Å². The Kier molecular flexibility index (Phi) is 6.33. The van der Waals surface area contributed by atoms with E-state index < -0.39 is 10.0 Å². The van der Waals surface area contributed by atoms with Crippen molar-refractivity contribution in [1.82, 2.24) is 14.3 Å². The number of aromatic nitrogens is 2. The Morgan fingerprint density at radius 3 is 2.50 bits per heavy atom. The van der Waals surface area contributed by atoms with Gasteiger partial charge in [-0.3, -0.25) is 0 Å². The van der Waals surface area contributed by atoms with E-state index in [1.165, 1.54) is 3.97 Å². The highest BCUT2D eigenvalue weighted by Crippen LogP contribution is 2.35. The molecule has 5 nitrogen and oxygen atoms in total. The van der Waals surface area contributed by atoms with Gasteiger partial charge in [0.25, 0.3) is 10.0 Å². The van der Waals surface area contributed by atoms with Crippen LogP contribution in [0.1, 0.15) is 29.9 Å². The molecule has 3 heterocycles. The number of rotatable bonds is 3. The lowest BCUT2D eigenvalue weighted by atomic mass is 9.89. The van der Waals surface area contributed by atoms with E-state index >= 15 is 0 Å². The Morgan fingerprint density at radius 1 is 1.21 bits per heavy atom. The largest absolute Gasteiger partial charge is 0.317 e. The Hall–Kier alpha value is -1.23. The van der Waals surface area contributed by atoms with Gasteiger partial charge in [0.15, 0.2) is 5.65 Å². The van der Waals surface area contributed by atoms with Gasteiger partial charge in [0.05, 0.1) is 14.8 Å². The number of hydrogen-bond acceptors (Lipinski definition) is 4. The minimum Gasteiger partial charge on any atom is -0.317 e. The number of nitrogens with zero attached hydrogens (tertiary/aromatic N) is 2. The molecular formula is C19H20ClFIN3O2S. The maximum Gasteiger partial charge on any atom is 0.270 e. The van der Waals surface area contributed by atoms with Crippen LogP contribution in [0.2, 0.25) is 0 Å². The van der Waals surface area contributed by atoms with E-state index in [-0.39, 0.29) is 34.7 Å². The molecule has 1 fully saturated rings. The van der Waals surface area contributed by atoms with Gasteiger partial charge in [-0.25, -0.2) is 21.8 Å². The third kappa shape index (κ3) is 3.67. The van der Waals surface area contributed by atoms with Crippen molar-refractivity contribution in [3.63, 3.8) is 0 Å². The van der Waals surface area contributed by atoms with Crippen LogP contribution in [-0.4, -0.2) is 30.5 Å². The number of nitrogens with one attached hydrogen (secondary N) is 1. The molecule has 0 bridgehead atoms. The van der Waals surface area contributed by atoms with Crippen molar-refractivity contribution in [3.05, 3.63) is 57.2 Å². The van der Waals surface area contributed by atoms with E-state index in [2.05, 4.69) is 10.3 Å². The molecule has 1 aliphatic heterocycles. The predicted molar refractivity (Wildman–Crippen MR) is 118 cm³/mol. The summed E-state index contributed by atoms with van der Waals surface area (Å²) >= 11 is 1.98. The van der Waals surface area contributed by atoms with Gasteiger partial charge < -0.3 is 5.32 Å². The van der Waals surface area contributed by atoms with Crippen LogP contribution in [0.15, 0.2) is 41.4 Å². The minimum atomic E-state index is -3.82. The van der Waals surface area contributed by atoms with Crippen molar-refractivity contribution in [1.29, 1.82) is 0 Å². The van der Waals surface area contributed by atoms with Crippen molar-refractivity contribution < 1.29 is 12.8 Å². The molecule has 0 radical (unpaired) electrons.